The molecular weight excluding hydrogens is 248 g/mol. The van der Waals surface area contributed by atoms with Crippen LogP contribution < -0.4 is 5.32 Å². The molecule has 0 aliphatic carbocycles. The average molecular weight is 260 g/mol. The van der Waals surface area contributed by atoms with Gasteiger partial charge in [-0.1, -0.05) is 6.07 Å². The van der Waals surface area contributed by atoms with E-state index in [-0.39, 0.29) is 0 Å². The van der Waals surface area contributed by atoms with Crippen LogP contribution in [0.2, 0.25) is 0 Å². The molecule has 0 saturated heterocycles. The van der Waals surface area contributed by atoms with E-state index in [0.717, 1.165) is 22.8 Å². The Morgan fingerprint density at radius 3 is 3.22 bits per heavy atom. The van der Waals surface area contributed by atoms with Crippen LogP contribution >= 0.6 is 11.3 Å². The molecule has 0 unspecified atom stereocenters. The van der Waals surface area contributed by atoms with Crippen molar-refractivity contribution in [1.82, 2.24) is 9.97 Å². The smallest absolute Gasteiger partial charge is 0.290 e. The van der Waals surface area contributed by atoms with Gasteiger partial charge in [-0.15, -0.1) is 11.3 Å². The van der Waals surface area contributed by atoms with Crippen LogP contribution in [0.1, 0.15) is 10.6 Å². The third-order valence-corrected chi connectivity index (χ3v) is 3.39. The summed E-state index contributed by atoms with van der Waals surface area (Å²) >= 11 is 1.63. The van der Waals surface area contributed by atoms with Gasteiger partial charge in [-0.05, 0) is 6.07 Å². The number of ether oxygens (including phenoxy) is 1. The highest BCUT2D eigenvalue weighted by Gasteiger charge is 2.12. The van der Waals surface area contributed by atoms with Gasteiger partial charge in [-0.2, -0.15) is 0 Å². The Labute approximate surface area is 109 Å². The summed E-state index contributed by atoms with van der Waals surface area (Å²) < 4.78 is 5.58. The lowest BCUT2D eigenvalue weighted by atomic mass is 10.2. The molecule has 0 fully saturated rings. The summed E-state index contributed by atoms with van der Waals surface area (Å²) in [4.78, 5) is 12.8. The van der Waals surface area contributed by atoms with E-state index < -0.39 is 0 Å². The maximum absolute atomic E-state index is 5.58. The van der Waals surface area contributed by atoms with Crippen LogP contribution in [0.15, 0.2) is 34.9 Å². The molecule has 5 nitrogen and oxygen atoms in total. The van der Waals surface area contributed by atoms with Crippen molar-refractivity contribution in [2.45, 2.75) is 13.0 Å². The molecule has 6 heteroatoms. The minimum Gasteiger partial charge on any atom is -0.465 e. The molecule has 0 amide bonds. The molecule has 18 heavy (non-hydrogen) atoms. The van der Waals surface area contributed by atoms with Gasteiger partial charge in [-0.3, -0.25) is 5.32 Å². The van der Waals surface area contributed by atoms with Crippen molar-refractivity contribution in [3.63, 3.8) is 0 Å². The summed E-state index contributed by atoms with van der Waals surface area (Å²) in [5.74, 6) is 0.830. The lowest BCUT2D eigenvalue weighted by Gasteiger charge is -2.16. The summed E-state index contributed by atoms with van der Waals surface area (Å²) in [5.41, 5.74) is 1.09. The predicted octanol–water partition coefficient (Wildman–Crippen LogP) is 2.08. The third-order valence-electron chi connectivity index (χ3n) is 2.55. The number of aliphatic imine (C=N–C) groups is 1. The first-order chi connectivity index (χ1) is 8.92. The Hall–Kier alpha value is -1.95. The second-order valence-electron chi connectivity index (χ2n) is 3.78. The first-order valence-corrected chi connectivity index (χ1v) is 6.56. The topological polar surface area (TPSA) is 59.4 Å². The van der Waals surface area contributed by atoms with E-state index in [2.05, 4.69) is 20.3 Å². The van der Waals surface area contributed by atoms with Gasteiger partial charge in [0.05, 0.1) is 18.2 Å². The molecule has 2 aromatic heterocycles. The van der Waals surface area contributed by atoms with E-state index in [1.54, 1.807) is 23.7 Å². The molecule has 1 aliphatic heterocycles. The fourth-order valence-electron chi connectivity index (χ4n) is 1.67. The van der Waals surface area contributed by atoms with Crippen molar-refractivity contribution in [3.05, 3.63) is 40.5 Å². The summed E-state index contributed by atoms with van der Waals surface area (Å²) in [7, 11) is 0. The number of nitrogens with one attached hydrogen (secondary N) is 1. The predicted molar refractivity (Wildman–Crippen MR) is 70.8 cm³/mol. The summed E-state index contributed by atoms with van der Waals surface area (Å²) in [6.45, 7) is 1.18. The third kappa shape index (κ3) is 2.48. The molecular formula is C12H12N4OS. The van der Waals surface area contributed by atoms with Crippen molar-refractivity contribution in [1.29, 1.82) is 0 Å². The van der Waals surface area contributed by atoms with Crippen LogP contribution in [0.3, 0.4) is 0 Å². The Balaban J connectivity index is 1.54. The van der Waals surface area contributed by atoms with E-state index in [0.29, 0.717) is 19.2 Å². The molecule has 3 rings (SSSR count). The van der Waals surface area contributed by atoms with Crippen LogP contribution in [-0.2, 0) is 17.7 Å². The number of hydrogen-bond acceptors (Lipinski definition) is 6. The van der Waals surface area contributed by atoms with Gasteiger partial charge in [0.2, 0.25) is 0 Å². The quantitative estimate of drug-likeness (QED) is 0.918. The Bertz CT molecular complexity index is 553. The lowest BCUT2D eigenvalue weighted by Crippen LogP contribution is -2.22. The Morgan fingerprint density at radius 2 is 2.33 bits per heavy atom. The standard InChI is InChI=1S/C12H12N4OS/c1-2-9-8-15-12(16-11(9)14-4-1)17-6-3-10-13-5-7-18-10/h1-2,4-5,7H,3,6,8H2,(H,14,15,16). The molecule has 0 radical (unpaired) electrons. The minimum absolute atomic E-state index is 0.540. The van der Waals surface area contributed by atoms with E-state index >= 15 is 0 Å². The molecule has 0 spiro atoms. The average Bonchev–Trinajstić information content (AvgIpc) is 2.92. The van der Waals surface area contributed by atoms with Gasteiger partial charge in [-0.25, -0.2) is 15.0 Å². The van der Waals surface area contributed by atoms with Gasteiger partial charge in [0.1, 0.15) is 5.82 Å². The largest absolute Gasteiger partial charge is 0.465 e. The van der Waals surface area contributed by atoms with E-state index in [9.17, 15) is 0 Å². The molecule has 0 bridgehead atoms. The number of rotatable bonds is 3. The van der Waals surface area contributed by atoms with Crippen molar-refractivity contribution in [3.8, 4) is 0 Å². The molecule has 1 N–H and O–H groups in total. The van der Waals surface area contributed by atoms with Gasteiger partial charge in [0.25, 0.3) is 6.02 Å². The number of thiazole rings is 1. The number of aromatic nitrogens is 2. The van der Waals surface area contributed by atoms with Crippen molar-refractivity contribution < 1.29 is 4.74 Å². The number of anilines is 1. The molecule has 2 aromatic rings. The van der Waals surface area contributed by atoms with Gasteiger partial charge < -0.3 is 4.74 Å². The Morgan fingerprint density at radius 1 is 1.33 bits per heavy atom. The molecule has 3 heterocycles. The fraction of sp³-hybridized carbons (Fsp3) is 0.250. The van der Waals surface area contributed by atoms with Crippen LogP contribution in [0.4, 0.5) is 5.82 Å². The Kier molecular flexibility index (Phi) is 3.18. The van der Waals surface area contributed by atoms with Crippen molar-refractivity contribution in [2.75, 3.05) is 11.9 Å². The molecule has 1 aliphatic rings. The molecule has 0 atom stereocenters. The first kappa shape index (κ1) is 11.2. The summed E-state index contributed by atoms with van der Waals surface area (Å²) in [5, 5.41) is 6.11. The SMILES string of the molecule is c1cnc2c(c1)CN=C(OCCc1nccs1)N2. The highest BCUT2D eigenvalue weighted by Crippen LogP contribution is 2.17. The van der Waals surface area contributed by atoms with Crippen LogP contribution in [-0.4, -0.2) is 22.6 Å². The van der Waals surface area contributed by atoms with Crippen LogP contribution in [0.25, 0.3) is 0 Å². The van der Waals surface area contributed by atoms with Gasteiger partial charge in [0.15, 0.2) is 0 Å². The van der Waals surface area contributed by atoms with Gasteiger partial charge in [0, 0.05) is 29.8 Å². The zero-order valence-corrected chi connectivity index (χ0v) is 10.5. The monoisotopic (exact) mass is 260 g/mol. The minimum atomic E-state index is 0.540. The number of nitrogens with zero attached hydrogens (tertiary/aromatic N) is 3. The summed E-state index contributed by atoms with van der Waals surface area (Å²) in [6.07, 6.45) is 4.36. The molecule has 0 aromatic carbocycles. The number of fused-ring (bicyclic) bond motifs is 1. The van der Waals surface area contributed by atoms with E-state index in [1.807, 2.05) is 17.5 Å². The summed E-state index contributed by atoms with van der Waals surface area (Å²) in [6, 6.07) is 4.45. The zero-order chi connectivity index (χ0) is 12.2. The normalized spacial score (nSPS) is 13.4. The highest BCUT2D eigenvalue weighted by atomic mass is 32.1. The first-order valence-electron chi connectivity index (χ1n) is 5.68. The lowest BCUT2D eigenvalue weighted by molar-refractivity contribution is 0.305. The van der Waals surface area contributed by atoms with E-state index in [1.165, 1.54) is 0 Å². The number of pyridine rings is 1. The number of hydrogen-bond donors (Lipinski definition) is 1. The number of amidine groups is 1. The van der Waals surface area contributed by atoms with Gasteiger partial charge >= 0.3 is 0 Å². The maximum atomic E-state index is 5.58. The van der Waals surface area contributed by atoms with Crippen molar-refractivity contribution in [2.24, 2.45) is 4.99 Å². The molecule has 0 saturated carbocycles. The highest BCUT2D eigenvalue weighted by molar-refractivity contribution is 7.09. The van der Waals surface area contributed by atoms with Crippen LogP contribution in [0.5, 0.6) is 0 Å². The second kappa shape index (κ2) is 5.14. The fourth-order valence-corrected chi connectivity index (χ4v) is 2.27. The van der Waals surface area contributed by atoms with Crippen molar-refractivity contribution >= 4 is 23.2 Å². The van der Waals surface area contributed by atoms with E-state index in [4.69, 9.17) is 4.74 Å². The second-order valence-corrected chi connectivity index (χ2v) is 4.76. The molecule has 92 valence electrons. The van der Waals surface area contributed by atoms with Crippen LogP contribution in [0, 0.1) is 0 Å². The maximum Gasteiger partial charge on any atom is 0.290 e. The zero-order valence-electron chi connectivity index (χ0n) is 9.67.